The van der Waals surface area contributed by atoms with Crippen LogP contribution in [0.1, 0.15) is 114 Å². The van der Waals surface area contributed by atoms with E-state index >= 15 is 0 Å². The molecule has 1 N–H and O–H groups in total. The molecule has 0 spiro atoms. The molecule has 1 saturated heterocycles. The normalized spacial score (nSPS) is 16.3. The number of carbonyl (C=O) groups is 2. The molecule has 0 aliphatic carbocycles. The van der Waals surface area contributed by atoms with E-state index in [0.717, 1.165) is 23.7 Å². The number of Topliss-reactive ketones (excluding diaryl/α,β-unsaturated/α-hetero) is 1. The van der Waals surface area contributed by atoms with Gasteiger partial charge in [0.1, 0.15) is 5.76 Å². The Bertz CT molecular complexity index is 1180. The molecule has 0 saturated carbocycles. The van der Waals surface area contributed by atoms with Gasteiger partial charge < -0.3 is 19.5 Å². The SMILES string of the molecule is CCCCCCCCCCCCCCCCN1C(=O)C(=O)/C(=C(/O)c2ccc(Br)cc2)[C@H]1c1ccc(OC)c(OC)c1. The molecule has 42 heavy (non-hydrogen) atoms. The molecule has 1 amide bonds. The summed E-state index contributed by atoms with van der Waals surface area (Å²) in [6.07, 6.45) is 17.5. The predicted octanol–water partition coefficient (Wildman–Crippen LogP) is 9.37. The van der Waals surface area contributed by atoms with Crippen LogP contribution in [0.3, 0.4) is 0 Å². The molecule has 0 bridgehead atoms. The number of unbranched alkanes of at least 4 members (excludes halogenated alkanes) is 13. The molecule has 2 aromatic rings. The lowest BCUT2D eigenvalue weighted by atomic mass is 9.95. The minimum atomic E-state index is -0.713. The first-order valence-corrected chi connectivity index (χ1v) is 16.5. The van der Waals surface area contributed by atoms with Crippen LogP contribution in [0.25, 0.3) is 5.76 Å². The zero-order valence-electron chi connectivity index (χ0n) is 25.6. The van der Waals surface area contributed by atoms with Crippen molar-refractivity contribution in [1.82, 2.24) is 4.90 Å². The number of rotatable bonds is 19. The summed E-state index contributed by atoms with van der Waals surface area (Å²) in [6, 6.07) is 11.7. The second-order valence-corrected chi connectivity index (χ2v) is 12.1. The van der Waals surface area contributed by atoms with Gasteiger partial charge in [-0.05, 0) is 36.2 Å². The minimum absolute atomic E-state index is 0.0971. The molecule has 0 radical (unpaired) electrons. The summed E-state index contributed by atoms with van der Waals surface area (Å²) in [5.74, 6) is -0.369. The number of ketones is 1. The number of aliphatic hydroxyl groups is 1. The van der Waals surface area contributed by atoms with Crippen LogP contribution in [0, 0.1) is 0 Å². The molecule has 1 heterocycles. The Kier molecular flexibility index (Phi) is 14.4. The molecular formula is C35H48BrNO5. The van der Waals surface area contributed by atoms with Crippen molar-refractivity contribution in [2.75, 3.05) is 20.8 Å². The molecule has 1 aliphatic heterocycles. The number of aliphatic hydroxyl groups excluding tert-OH is 1. The second kappa shape index (κ2) is 18.0. The van der Waals surface area contributed by atoms with Crippen molar-refractivity contribution >= 4 is 33.4 Å². The molecule has 230 valence electrons. The maximum atomic E-state index is 13.3. The van der Waals surface area contributed by atoms with E-state index in [1.807, 2.05) is 6.07 Å². The van der Waals surface area contributed by atoms with E-state index in [4.69, 9.17) is 9.47 Å². The molecule has 1 fully saturated rings. The number of nitrogens with zero attached hydrogens (tertiary/aromatic N) is 1. The van der Waals surface area contributed by atoms with Crippen molar-refractivity contribution < 1.29 is 24.2 Å². The van der Waals surface area contributed by atoms with E-state index in [1.54, 1.807) is 55.5 Å². The number of methoxy groups -OCH3 is 2. The molecule has 1 aliphatic rings. The van der Waals surface area contributed by atoms with Crippen LogP contribution >= 0.6 is 15.9 Å². The van der Waals surface area contributed by atoms with E-state index < -0.39 is 17.7 Å². The zero-order chi connectivity index (χ0) is 30.3. The van der Waals surface area contributed by atoms with Crippen LogP contribution in [0.15, 0.2) is 52.5 Å². The van der Waals surface area contributed by atoms with Crippen molar-refractivity contribution in [3.05, 3.63) is 63.6 Å². The third-order valence-electron chi connectivity index (χ3n) is 8.13. The van der Waals surface area contributed by atoms with Crippen LogP contribution in [0.4, 0.5) is 0 Å². The Balaban J connectivity index is 1.62. The first-order chi connectivity index (χ1) is 20.4. The highest BCUT2D eigenvalue weighted by Gasteiger charge is 2.46. The van der Waals surface area contributed by atoms with E-state index in [0.29, 0.717) is 29.2 Å². The Hall–Kier alpha value is -2.80. The number of likely N-dealkylation sites (tertiary alicyclic amines) is 1. The van der Waals surface area contributed by atoms with Gasteiger partial charge in [-0.2, -0.15) is 0 Å². The van der Waals surface area contributed by atoms with Gasteiger partial charge in [0, 0.05) is 16.6 Å². The van der Waals surface area contributed by atoms with Gasteiger partial charge >= 0.3 is 0 Å². The molecule has 0 unspecified atom stereocenters. The van der Waals surface area contributed by atoms with Gasteiger partial charge in [0.15, 0.2) is 11.5 Å². The monoisotopic (exact) mass is 641 g/mol. The summed E-state index contributed by atoms with van der Waals surface area (Å²) in [5, 5.41) is 11.3. The van der Waals surface area contributed by atoms with Crippen LogP contribution < -0.4 is 9.47 Å². The molecule has 2 aromatic carbocycles. The number of amides is 1. The second-order valence-electron chi connectivity index (χ2n) is 11.2. The summed E-state index contributed by atoms with van der Waals surface area (Å²) in [6.45, 7) is 2.70. The van der Waals surface area contributed by atoms with Crippen molar-refractivity contribution in [3.63, 3.8) is 0 Å². The maximum absolute atomic E-state index is 13.3. The lowest BCUT2D eigenvalue weighted by molar-refractivity contribution is -0.139. The fourth-order valence-electron chi connectivity index (χ4n) is 5.72. The van der Waals surface area contributed by atoms with Crippen LogP contribution in [-0.4, -0.2) is 42.5 Å². The van der Waals surface area contributed by atoms with E-state index in [2.05, 4.69) is 22.9 Å². The molecular weight excluding hydrogens is 594 g/mol. The summed E-state index contributed by atoms with van der Waals surface area (Å²) >= 11 is 3.41. The highest BCUT2D eigenvalue weighted by Crippen LogP contribution is 2.42. The third kappa shape index (κ3) is 9.35. The Labute approximate surface area is 260 Å². The van der Waals surface area contributed by atoms with Gasteiger partial charge in [0.25, 0.3) is 11.7 Å². The first kappa shape index (κ1) is 33.7. The van der Waals surface area contributed by atoms with Gasteiger partial charge in [-0.3, -0.25) is 9.59 Å². The summed E-state index contributed by atoms with van der Waals surface area (Å²) in [4.78, 5) is 28.2. The van der Waals surface area contributed by atoms with Crippen LogP contribution in [0.2, 0.25) is 0 Å². The summed E-state index contributed by atoms with van der Waals surface area (Å²) in [7, 11) is 3.11. The molecule has 6 nitrogen and oxygen atoms in total. The van der Waals surface area contributed by atoms with Gasteiger partial charge in [-0.15, -0.1) is 0 Å². The van der Waals surface area contributed by atoms with Crippen molar-refractivity contribution in [1.29, 1.82) is 0 Å². The van der Waals surface area contributed by atoms with Crippen molar-refractivity contribution in [2.24, 2.45) is 0 Å². The maximum Gasteiger partial charge on any atom is 0.295 e. The largest absolute Gasteiger partial charge is 0.507 e. The molecule has 7 heteroatoms. The Morgan fingerprint density at radius 3 is 1.81 bits per heavy atom. The van der Waals surface area contributed by atoms with Crippen LogP contribution in [-0.2, 0) is 9.59 Å². The fourth-order valence-corrected chi connectivity index (χ4v) is 5.98. The number of halogens is 1. The topological polar surface area (TPSA) is 76.1 Å². The van der Waals surface area contributed by atoms with E-state index in [9.17, 15) is 14.7 Å². The Morgan fingerprint density at radius 1 is 0.762 bits per heavy atom. The molecule has 1 atom stereocenters. The minimum Gasteiger partial charge on any atom is -0.507 e. The molecule has 3 rings (SSSR count). The van der Waals surface area contributed by atoms with E-state index in [1.165, 1.54) is 70.6 Å². The summed E-state index contributed by atoms with van der Waals surface area (Å²) in [5.41, 5.74) is 1.27. The fraction of sp³-hybridized carbons (Fsp3) is 0.543. The van der Waals surface area contributed by atoms with Crippen LogP contribution in [0.5, 0.6) is 11.5 Å². The van der Waals surface area contributed by atoms with Gasteiger partial charge in [-0.1, -0.05) is 125 Å². The average molecular weight is 643 g/mol. The lowest BCUT2D eigenvalue weighted by Gasteiger charge is -2.26. The number of ether oxygens (including phenoxy) is 2. The number of benzene rings is 2. The highest BCUT2D eigenvalue weighted by molar-refractivity contribution is 9.10. The number of hydrogen-bond donors (Lipinski definition) is 1. The smallest absolute Gasteiger partial charge is 0.295 e. The van der Waals surface area contributed by atoms with Crippen molar-refractivity contribution in [2.45, 2.75) is 103 Å². The van der Waals surface area contributed by atoms with E-state index in [-0.39, 0.29) is 11.3 Å². The lowest BCUT2D eigenvalue weighted by Crippen LogP contribution is -2.30. The first-order valence-electron chi connectivity index (χ1n) is 15.7. The third-order valence-corrected chi connectivity index (χ3v) is 8.66. The summed E-state index contributed by atoms with van der Waals surface area (Å²) < 4.78 is 11.8. The predicted molar refractivity (Wildman–Crippen MR) is 173 cm³/mol. The molecule has 0 aromatic heterocycles. The zero-order valence-corrected chi connectivity index (χ0v) is 27.2. The van der Waals surface area contributed by atoms with Crippen molar-refractivity contribution in [3.8, 4) is 11.5 Å². The van der Waals surface area contributed by atoms with Gasteiger partial charge in [-0.25, -0.2) is 0 Å². The van der Waals surface area contributed by atoms with Gasteiger partial charge in [0.2, 0.25) is 0 Å². The average Bonchev–Trinajstić information content (AvgIpc) is 3.25. The number of hydrogen-bond acceptors (Lipinski definition) is 5. The van der Waals surface area contributed by atoms with Gasteiger partial charge in [0.05, 0.1) is 25.8 Å². The quantitative estimate of drug-likeness (QED) is 0.0715. The Morgan fingerprint density at radius 2 is 1.29 bits per heavy atom. The highest BCUT2D eigenvalue weighted by atomic mass is 79.9. The number of carbonyl (C=O) groups excluding carboxylic acids is 2. The standard InChI is InChI=1S/C35H48BrNO5/c1-4-5-6-7-8-9-10-11-12-13-14-15-16-17-24-37-32(27-20-23-29(41-2)30(25-27)42-3)31(34(39)35(37)40)33(38)26-18-21-28(36)22-19-26/h18-23,25,32,38H,4-17,24H2,1-3H3/b33-31+/t32-/m1/s1.